The van der Waals surface area contributed by atoms with Crippen LogP contribution in [-0.4, -0.2) is 13.0 Å². The first-order valence-electron chi connectivity index (χ1n) is 8.85. The van der Waals surface area contributed by atoms with Crippen LogP contribution in [0.4, 0.5) is 0 Å². The van der Waals surface area contributed by atoms with Crippen LogP contribution in [0.25, 0.3) is 0 Å². The van der Waals surface area contributed by atoms with Crippen LogP contribution in [0.15, 0.2) is 91.0 Å². The molecule has 0 radical (unpaired) electrons. The standard InChI is InChI=1S/C23H24NPSi/c1-26(2,3)23(19-24)25(20-13-7-4-8-14-20,21-15-9-5-10-16-21)22-17-11-6-12-18-22/h4-18H,1-3H3. The molecule has 0 bridgehead atoms. The van der Waals surface area contributed by atoms with Crippen LogP contribution < -0.4 is 15.9 Å². The quantitative estimate of drug-likeness (QED) is 0.486. The molecule has 0 amide bonds. The van der Waals surface area contributed by atoms with Crippen molar-refractivity contribution in [2.24, 2.45) is 0 Å². The van der Waals surface area contributed by atoms with Crippen LogP contribution in [0, 0.1) is 11.3 Å². The van der Waals surface area contributed by atoms with Crippen molar-refractivity contribution in [2.45, 2.75) is 19.6 Å². The van der Waals surface area contributed by atoms with Crippen molar-refractivity contribution in [2.75, 3.05) is 0 Å². The molecule has 3 rings (SSSR count). The fraction of sp³-hybridized carbons (Fsp3) is 0.130. The summed E-state index contributed by atoms with van der Waals surface area (Å²) < 4.78 is 0. The minimum atomic E-state index is -2.17. The highest BCUT2D eigenvalue weighted by Gasteiger charge is 2.35. The van der Waals surface area contributed by atoms with Crippen LogP contribution in [0.5, 0.6) is 0 Å². The molecule has 0 N–H and O–H groups in total. The lowest BCUT2D eigenvalue weighted by molar-refractivity contribution is 1.56. The maximum Gasteiger partial charge on any atom is 0.0926 e. The third kappa shape index (κ3) is 3.21. The second-order valence-corrected chi connectivity index (χ2v) is 16.1. The second kappa shape index (κ2) is 7.50. The lowest BCUT2D eigenvalue weighted by Crippen LogP contribution is -2.41. The number of nitrogens with zero attached hydrogens (tertiary/aromatic N) is 1. The monoisotopic (exact) mass is 373 g/mol. The first-order valence-corrected chi connectivity index (χ1v) is 14.1. The summed E-state index contributed by atoms with van der Waals surface area (Å²) in [6.45, 7) is 4.69. The van der Waals surface area contributed by atoms with Crippen molar-refractivity contribution in [3.63, 3.8) is 0 Å². The summed E-state index contributed by atoms with van der Waals surface area (Å²) in [5.41, 5.74) is 0. The molecule has 0 aliphatic carbocycles. The van der Waals surface area contributed by atoms with Gasteiger partial charge in [0.2, 0.25) is 0 Å². The molecule has 0 saturated heterocycles. The third-order valence-corrected chi connectivity index (χ3v) is 13.1. The first-order chi connectivity index (χ1) is 12.5. The van der Waals surface area contributed by atoms with E-state index in [1.807, 2.05) is 0 Å². The highest BCUT2D eigenvalue weighted by Crippen LogP contribution is 2.47. The Bertz CT molecular complexity index is 862. The summed E-state index contributed by atoms with van der Waals surface area (Å²) in [5, 5.41) is 14.1. The van der Waals surface area contributed by atoms with Gasteiger partial charge in [-0.1, -0.05) is 111 Å². The van der Waals surface area contributed by atoms with E-state index < -0.39 is 15.0 Å². The average Bonchev–Trinajstić information content (AvgIpc) is 2.67. The molecule has 26 heavy (non-hydrogen) atoms. The number of hydrogen-bond acceptors (Lipinski definition) is 1. The molecule has 3 aromatic rings. The molecule has 0 heterocycles. The fourth-order valence-corrected chi connectivity index (χ4v) is 12.7. The van der Waals surface area contributed by atoms with Crippen LogP contribution >= 0.6 is 6.89 Å². The molecule has 3 aromatic carbocycles. The smallest absolute Gasteiger partial charge is 0.0926 e. The van der Waals surface area contributed by atoms with Crippen molar-refractivity contribution < 1.29 is 0 Å². The van der Waals surface area contributed by atoms with E-state index in [4.69, 9.17) is 0 Å². The van der Waals surface area contributed by atoms with Crippen LogP contribution in [-0.2, 0) is 0 Å². The predicted molar refractivity (Wildman–Crippen MR) is 119 cm³/mol. The van der Waals surface area contributed by atoms with E-state index >= 15 is 0 Å². The van der Waals surface area contributed by atoms with Gasteiger partial charge in [0.15, 0.2) is 0 Å². The van der Waals surface area contributed by atoms with Gasteiger partial charge >= 0.3 is 0 Å². The van der Waals surface area contributed by atoms with Gasteiger partial charge in [0, 0.05) is 4.92 Å². The van der Waals surface area contributed by atoms with Gasteiger partial charge in [-0.15, -0.1) is 0 Å². The molecule has 0 unspecified atom stereocenters. The topological polar surface area (TPSA) is 23.8 Å². The molecule has 0 atom stereocenters. The number of rotatable bonds is 4. The van der Waals surface area contributed by atoms with Gasteiger partial charge in [0.05, 0.1) is 14.1 Å². The molecule has 0 aliphatic rings. The number of hydrogen-bond donors (Lipinski definition) is 0. The van der Waals surface area contributed by atoms with E-state index in [1.54, 1.807) is 0 Å². The second-order valence-electron chi connectivity index (χ2n) is 7.39. The molecule has 3 heteroatoms. The Balaban J connectivity index is 2.62. The van der Waals surface area contributed by atoms with Gasteiger partial charge < -0.3 is 0 Å². The summed E-state index contributed by atoms with van der Waals surface area (Å²) in [6, 6.07) is 34.6. The zero-order chi connectivity index (χ0) is 18.6. The van der Waals surface area contributed by atoms with Gasteiger partial charge in [-0.25, -0.2) is 0 Å². The average molecular weight is 374 g/mol. The highest BCUT2D eigenvalue weighted by molar-refractivity contribution is 7.98. The minimum absolute atomic E-state index is 1.09. The Morgan fingerprint density at radius 1 is 0.654 bits per heavy atom. The Kier molecular flexibility index (Phi) is 5.32. The predicted octanol–water partition coefficient (Wildman–Crippen LogP) is 4.55. The molecule has 0 fully saturated rings. The molecule has 130 valence electrons. The van der Waals surface area contributed by atoms with E-state index in [-0.39, 0.29) is 0 Å². The Hall–Kier alpha value is -2.33. The van der Waals surface area contributed by atoms with Crippen LogP contribution in [0.3, 0.4) is 0 Å². The SMILES string of the molecule is C[Si](C)(C)C(C#N)=P(c1ccccc1)(c1ccccc1)c1ccccc1. The van der Waals surface area contributed by atoms with Crippen molar-refractivity contribution in [1.82, 2.24) is 0 Å². The number of benzene rings is 3. The maximum absolute atomic E-state index is 10.4. The Morgan fingerprint density at radius 3 is 1.19 bits per heavy atom. The third-order valence-electron chi connectivity index (χ3n) is 4.58. The molecular weight excluding hydrogens is 349 g/mol. The van der Waals surface area contributed by atoms with E-state index in [1.165, 1.54) is 15.9 Å². The molecular formula is C23H24NPSi. The fourth-order valence-electron chi connectivity index (χ4n) is 3.54. The molecule has 0 aliphatic heterocycles. The van der Waals surface area contributed by atoms with Crippen molar-refractivity contribution in [3.8, 4) is 6.07 Å². The first kappa shape index (κ1) is 18.5. The largest absolute Gasteiger partial charge is 0.193 e. The van der Waals surface area contributed by atoms with E-state index in [0.29, 0.717) is 0 Å². The lowest BCUT2D eigenvalue weighted by Gasteiger charge is -2.34. The molecule has 0 saturated carbocycles. The van der Waals surface area contributed by atoms with Gasteiger partial charge in [-0.05, 0) is 22.8 Å². The van der Waals surface area contributed by atoms with E-state index in [9.17, 15) is 5.26 Å². The van der Waals surface area contributed by atoms with Crippen molar-refractivity contribution in [1.29, 1.82) is 5.26 Å². The van der Waals surface area contributed by atoms with Gasteiger partial charge in [0.25, 0.3) is 0 Å². The van der Waals surface area contributed by atoms with Gasteiger partial charge in [0.1, 0.15) is 0 Å². The Morgan fingerprint density at radius 2 is 0.962 bits per heavy atom. The van der Waals surface area contributed by atoms with Crippen LogP contribution in [0.2, 0.25) is 19.6 Å². The maximum atomic E-state index is 10.4. The summed E-state index contributed by atoms with van der Waals surface area (Å²) >= 11 is 0. The minimum Gasteiger partial charge on any atom is -0.193 e. The lowest BCUT2D eigenvalue weighted by atomic mass is 10.4. The van der Waals surface area contributed by atoms with Gasteiger partial charge in [-0.3, -0.25) is 0 Å². The summed E-state index contributed by atoms with van der Waals surface area (Å²) in [7, 11) is -1.87. The summed E-state index contributed by atoms with van der Waals surface area (Å²) in [4.78, 5) is 1.09. The summed E-state index contributed by atoms with van der Waals surface area (Å²) in [5.74, 6) is 0. The highest BCUT2D eigenvalue weighted by atomic mass is 31.2. The van der Waals surface area contributed by atoms with Crippen molar-refractivity contribution >= 4 is 35.8 Å². The normalized spacial score (nSPS) is 11.6. The Labute approximate surface area is 157 Å². The summed E-state index contributed by atoms with van der Waals surface area (Å²) in [6.07, 6.45) is 0. The number of nitriles is 1. The van der Waals surface area contributed by atoms with Gasteiger partial charge in [-0.2, -0.15) is 5.26 Å². The van der Waals surface area contributed by atoms with E-state index in [2.05, 4.69) is 117 Å². The zero-order valence-corrected chi connectivity index (χ0v) is 17.4. The van der Waals surface area contributed by atoms with Crippen LogP contribution in [0.1, 0.15) is 0 Å². The molecule has 0 spiro atoms. The molecule has 1 nitrogen and oxygen atoms in total. The van der Waals surface area contributed by atoms with Crippen molar-refractivity contribution in [3.05, 3.63) is 91.0 Å². The van der Waals surface area contributed by atoms with E-state index in [0.717, 1.165) is 4.92 Å². The molecule has 0 aromatic heterocycles. The zero-order valence-electron chi connectivity index (χ0n) is 15.6.